The fourth-order valence-electron chi connectivity index (χ4n) is 1.67. The van der Waals surface area contributed by atoms with E-state index in [0.29, 0.717) is 17.9 Å². The molecule has 0 fully saturated rings. The van der Waals surface area contributed by atoms with Gasteiger partial charge in [0.2, 0.25) is 0 Å². The molecule has 0 saturated heterocycles. The number of halogens is 1. The van der Waals surface area contributed by atoms with Gasteiger partial charge in [0.05, 0.1) is 7.11 Å². The van der Waals surface area contributed by atoms with Crippen LogP contribution >= 0.6 is 11.8 Å². The SMILES string of the molecule is COc1ccc(SCc2ccc(CN)cc2F)cc1. The average Bonchev–Trinajstić information content (AvgIpc) is 2.46. The van der Waals surface area contributed by atoms with Crippen LogP contribution in [-0.4, -0.2) is 7.11 Å². The highest BCUT2D eigenvalue weighted by Gasteiger charge is 2.04. The van der Waals surface area contributed by atoms with Gasteiger partial charge in [-0.15, -0.1) is 11.8 Å². The van der Waals surface area contributed by atoms with E-state index in [1.807, 2.05) is 30.3 Å². The van der Waals surface area contributed by atoms with Crippen LogP contribution in [0.25, 0.3) is 0 Å². The van der Waals surface area contributed by atoms with Crippen molar-refractivity contribution in [1.82, 2.24) is 0 Å². The summed E-state index contributed by atoms with van der Waals surface area (Å²) >= 11 is 1.59. The molecule has 0 aliphatic rings. The molecule has 0 aromatic heterocycles. The van der Waals surface area contributed by atoms with Crippen molar-refractivity contribution < 1.29 is 9.13 Å². The minimum Gasteiger partial charge on any atom is -0.497 e. The molecule has 0 amide bonds. The first kappa shape index (κ1) is 13.9. The van der Waals surface area contributed by atoms with E-state index in [1.165, 1.54) is 6.07 Å². The van der Waals surface area contributed by atoms with E-state index in [9.17, 15) is 4.39 Å². The van der Waals surface area contributed by atoms with Gasteiger partial charge < -0.3 is 10.5 Å². The standard InChI is InChI=1S/C15H16FNOS/c1-18-13-4-6-14(7-5-13)19-10-12-3-2-11(9-17)8-15(12)16/h2-8H,9-10,17H2,1H3. The Kier molecular flexibility index (Phi) is 4.82. The predicted molar refractivity (Wildman–Crippen MR) is 76.8 cm³/mol. The monoisotopic (exact) mass is 277 g/mol. The summed E-state index contributed by atoms with van der Waals surface area (Å²) in [4.78, 5) is 1.09. The molecule has 0 saturated carbocycles. The van der Waals surface area contributed by atoms with Crippen LogP contribution in [0.4, 0.5) is 4.39 Å². The molecule has 19 heavy (non-hydrogen) atoms. The summed E-state index contributed by atoms with van der Waals surface area (Å²) < 4.78 is 18.9. The van der Waals surface area contributed by atoms with Crippen molar-refractivity contribution in [2.75, 3.05) is 7.11 Å². The fourth-order valence-corrected chi connectivity index (χ4v) is 2.55. The van der Waals surface area contributed by atoms with Crippen molar-refractivity contribution in [3.05, 3.63) is 59.4 Å². The van der Waals surface area contributed by atoms with E-state index in [0.717, 1.165) is 16.2 Å². The van der Waals surface area contributed by atoms with Gasteiger partial charge in [-0.3, -0.25) is 0 Å². The van der Waals surface area contributed by atoms with Crippen LogP contribution in [0, 0.1) is 5.82 Å². The van der Waals surface area contributed by atoms with Gasteiger partial charge in [-0.2, -0.15) is 0 Å². The molecular formula is C15H16FNOS. The highest BCUT2D eigenvalue weighted by atomic mass is 32.2. The summed E-state index contributed by atoms with van der Waals surface area (Å²) in [6.45, 7) is 0.364. The first-order valence-electron chi connectivity index (χ1n) is 5.97. The van der Waals surface area contributed by atoms with Crippen LogP contribution in [0.3, 0.4) is 0 Å². The number of rotatable bonds is 5. The minimum atomic E-state index is -0.191. The summed E-state index contributed by atoms with van der Waals surface area (Å²) in [5, 5.41) is 0. The first-order chi connectivity index (χ1) is 9.22. The van der Waals surface area contributed by atoms with Crippen molar-refractivity contribution in [2.45, 2.75) is 17.2 Å². The molecule has 2 nitrogen and oxygen atoms in total. The van der Waals surface area contributed by atoms with Gasteiger partial charge in [-0.25, -0.2) is 4.39 Å². The molecule has 0 spiro atoms. The zero-order valence-corrected chi connectivity index (χ0v) is 11.5. The smallest absolute Gasteiger partial charge is 0.127 e. The lowest BCUT2D eigenvalue weighted by atomic mass is 10.1. The van der Waals surface area contributed by atoms with Gasteiger partial charge in [0.1, 0.15) is 11.6 Å². The lowest BCUT2D eigenvalue weighted by Crippen LogP contribution is -1.98. The van der Waals surface area contributed by atoms with Crippen LogP contribution in [-0.2, 0) is 12.3 Å². The van der Waals surface area contributed by atoms with Crippen LogP contribution in [0.5, 0.6) is 5.75 Å². The van der Waals surface area contributed by atoms with Crippen LogP contribution in [0.1, 0.15) is 11.1 Å². The topological polar surface area (TPSA) is 35.2 Å². The molecule has 0 unspecified atom stereocenters. The Labute approximate surface area is 116 Å². The van der Waals surface area contributed by atoms with Crippen molar-refractivity contribution >= 4 is 11.8 Å². The first-order valence-corrected chi connectivity index (χ1v) is 6.95. The quantitative estimate of drug-likeness (QED) is 0.848. The highest BCUT2D eigenvalue weighted by molar-refractivity contribution is 7.98. The van der Waals surface area contributed by atoms with Gasteiger partial charge in [-0.05, 0) is 41.5 Å². The number of methoxy groups -OCH3 is 1. The van der Waals surface area contributed by atoms with E-state index >= 15 is 0 Å². The van der Waals surface area contributed by atoms with Gasteiger partial charge in [0, 0.05) is 17.2 Å². The van der Waals surface area contributed by atoms with Crippen molar-refractivity contribution in [1.29, 1.82) is 0 Å². The number of ether oxygens (including phenoxy) is 1. The maximum Gasteiger partial charge on any atom is 0.127 e. The molecule has 2 N–H and O–H groups in total. The second-order valence-electron chi connectivity index (χ2n) is 4.09. The van der Waals surface area contributed by atoms with Crippen LogP contribution in [0.2, 0.25) is 0 Å². The molecule has 0 heterocycles. The molecule has 4 heteroatoms. The Morgan fingerprint density at radius 3 is 2.47 bits per heavy atom. The van der Waals surface area contributed by atoms with Crippen LogP contribution < -0.4 is 10.5 Å². The Morgan fingerprint density at radius 2 is 1.89 bits per heavy atom. The van der Waals surface area contributed by atoms with E-state index in [1.54, 1.807) is 24.9 Å². The fraction of sp³-hybridized carbons (Fsp3) is 0.200. The van der Waals surface area contributed by atoms with Gasteiger partial charge >= 0.3 is 0 Å². The average molecular weight is 277 g/mol. The summed E-state index contributed by atoms with van der Waals surface area (Å²) in [6.07, 6.45) is 0. The second-order valence-corrected chi connectivity index (χ2v) is 5.14. The van der Waals surface area contributed by atoms with Gasteiger partial charge in [0.25, 0.3) is 0 Å². The molecular weight excluding hydrogens is 261 g/mol. The maximum atomic E-state index is 13.8. The normalized spacial score (nSPS) is 10.5. The second kappa shape index (κ2) is 6.59. The highest BCUT2D eigenvalue weighted by Crippen LogP contribution is 2.26. The number of hydrogen-bond donors (Lipinski definition) is 1. The molecule has 2 aromatic carbocycles. The zero-order chi connectivity index (χ0) is 13.7. The predicted octanol–water partition coefficient (Wildman–Crippen LogP) is 3.59. The van der Waals surface area contributed by atoms with Crippen molar-refractivity contribution in [3.8, 4) is 5.75 Å². The van der Waals surface area contributed by atoms with Gasteiger partial charge in [0.15, 0.2) is 0 Å². The van der Waals surface area contributed by atoms with E-state index in [-0.39, 0.29) is 5.82 Å². The van der Waals surface area contributed by atoms with E-state index in [2.05, 4.69) is 0 Å². The van der Waals surface area contributed by atoms with E-state index in [4.69, 9.17) is 10.5 Å². The zero-order valence-electron chi connectivity index (χ0n) is 10.7. The Morgan fingerprint density at radius 1 is 1.16 bits per heavy atom. The van der Waals surface area contributed by atoms with E-state index < -0.39 is 0 Å². The third kappa shape index (κ3) is 3.72. The molecule has 2 aromatic rings. The Hall–Kier alpha value is -1.52. The summed E-state index contributed by atoms with van der Waals surface area (Å²) in [6, 6.07) is 12.9. The third-order valence-corrected chi connectivity index (χ3v) is 3.87. The summed E-state index contributed by atoms with van der Waals surface area (Å²) in [5.41, 5.74) is 6.99. The minimum absolute atomic E-state index is 0.191. The largest absolute Gasteiger partial charge is 0.497 e. The lowest BCUT2D eigenvalue weighted by molar-refractivity contribution is 0.414. The molecule has 0 bridgehead atoms. The molecule has 2 rings (SSSR count). The third-order valence-electron chi connectivity index (χ3n) is 2.81. The Balaban J connectivity index is 2.01. The number of benzene rings is 2. The maximum absolute atomic E-state index is 13.8. The molecule has 0 aliphatic heterocycles. The number of hydrogen-bond acceptors (Lipinski definition) is 3. The number of nitrogens with two attached hydrogens (primary N) is 1. The molecule has 0 aliphatic carbocycles. The summed E-state index contributed by atoms with van der Waals surface area (Å²) in [7, 11) is 1.64. The van der Waals surface area contributed by atoms with Crippen molar-refractivity contribution in [2.24, 2.45) is 5.73 Å². The number of thioether (sulfide) groups is 1. The van der Waals surface area contributed by atoms with Crippen LogP contribution in [0.15, 0.2) is 47.4 Å². The van der Waals surface area contributed by atoms with Crippen molar-refractivity contribution in [3.63, 3.8) is 0 Å². The molecule has 0 radical (unpaired) electrons. The summed E-state index contributed by atoms with van der Waals surface area (Å²) in [5.74, 6) is 1.23. The Bertz CT molecular complexity index is 542. The lowest BCUT2D eigenvalue weighted by Gasteiger charge is -2.06. The molecule has 0 atom stereocenters. The molecule has 100 valence electrons. The van der Waals surface area contributed by atoms with Gasteiger partial charge in [-0.1, -0.05) is 12.1 Å².